The Morgan fingerprint density at radius 3 is 2.76 bits per heavy atom. The lowest BCUT2D eigenvalue weighted by molar-refractivity contribution is -0.117. The van der Waals surface area contributed by atoms with Gasteiger partial charge in [-0.25, -0.2) is 23.3 Å². The van der Waals surface area contributed by atoms with Crippen LogP contribution in [0.4, 0.5) is 10.1 Å². The normalized spacial score (nSPS) is 11.0. The molecule has 4 aromatic rings. The van der Waals surface area contributed by atoms with Gasteiger partial charge in [-0.2, -0.15) is 0 Å². The van der Waals surface area contributed by atoms with E-state index < -0.39 is 17.4 Å². The van der Waals surface area contributed by atoms with Crippen LogP contribution in [0.25, 0.3) is 5.65 Å². The van der Waals surface area contributed by atoms with Crippen LogP contribution in [-0.4, -0.2) is 25.1 Å². The van der Waals surface area contributed by atoms with E-state index in [-0.39, 0.29) is 6.54 Å². The first-order chi connectivity index (χ1) is 14.0. The molecule has 0 atom stereocenters. The minimum absolute atomic E-state index is 0.271. The van der Waals surface area contributed by atoms with Crippen molar-refractivity contribution >= 4 is 29.0 Å². The quantitative estimate of drug-likeness (QED) is 0.548. The van der Waals surface area contributed by atoms with Gasteiger partial charge < -0.3 is 5.32 Å². The molecule has 0 aliphatic rings. The Kier molecular flexibility index (Phi) is 5.13. The predicted octanol–water partition coefficient (Wildman–Crippen LogP) is 3.13. The molecule has 0 spiro atoms. The number of aryl methyl sites for hydroxylation is 1. The third kappa shape index (κ3) is 4.19. The summed E-state index contributed by atoms with van der Waals surface area (Å²) in [5, 5.41) is 7.47. The van der Waals surface area contributed by atoms with Crippen LogP contribution in [0.3, 0.4) is 0 Å². The second kappa shape index (κ2) is 7.88. The minimum Gasteiger partial charge on any atom is -0.324 e. The zero-order valence-electron chi connectivity index (χ0n) is 15.4. The molecule has 7 nitrogen and oxygen atoms in total. The maximum absolute atomic E-state index is 13.0. The van der Waals surface area contributed by atoms with E-state index in [9.17, 15) is 14.0 Å². The summed E-state index contributed by atoms with van der Waals surface area (Å²) < 4.78 is 15.4. The van der Waals surface area contributed by atoms with Crippen molar-refractivity contribution in [1.29, 1.82) is 0 Å². The third-order valence-corrected chi connectivity index (χ3v) is 5.07. The Morgan fingerprint density at radius 1 is 1.21 bits per heavy atom. The van der Waals surface area contributed by atoms with Gasteiger partial charge in [0.2, 0.25) is 5.91 Å². The molecule has 1 N–H and O–H groups in total. The number of carbonyl (C=O) groups excluding carboxylic acids is 1. The highest BCUT2D eigenvalue weighted by Crippen LogP contribution is 2.28. The van der Waals surface area contributed by atoms with E-state index in [1.807, 2.05) is 31.2 Å². The highest BCUT2D eigenvalue weighted by atomic mass is 32.2. The molecule has 0 unspecified atom stereocenters. The summed E-state index contributed by atoms with van der Waals surface area (Å²) in [5.74, 6) is -0.839. The molecular weight excluding hydrogens is 393 g/mol. The van der Waals surface area contributed by atoms with Crippen LogP contribution < -0.4 is 11.0 Å². The number of rotatable bonds is 5. The zero-order chi connectivity index (χ0) is 20.4. The van der Waals surface area contributed by atoms with Crippen molar-refractivity contribution in [1.82, 2.24) is 19.2 Å². The average Bonchev–Trinajstić information content (AvgIpc) is 3.00. The summed E-state index contributed by atoms with van der Waals surface area (Å²) in [5.41, 5.74) is 1.48. The summed E-state index contributed by atoms with van der Waals surface area (Å²) in [6.45, 7) is 1.73. The van der Waals surface area contributed by atoms with Gasteiger partial charge in [0.15, 0.2) is 5.65 Å². The third-order valence-electron chi connectivity index (χ3n) is 4.09. The number of carbonyl (C=O) groups is 1. The van der Waals surface area contributed by atoms with Crippen molar-refractivity contribution in [3.05, 3.63) is 82.8 Å². The highest BCUT2D eigenvalue weighted by molar-refractivity contribution is 7.99. The standard InChI is InChI=1S/C20H16FN5O2S/c1-13-3-2-4-16(11-13)29-19-18-24-26(20(28)25(18)10-9-22-19)12-17(27)23-15-7-5-14(21)6-8-15/h2-11H,12H2,1H3,(H,23,27). The molecule has 2 heterocycles. The van der Waals surface area contributed by atoms with Crippen molar-refractivity contribution in [3.8, 4) is 0 Å². The molecule has 29 heavy (non-hydrogen) atoms. The van der Waals surface area contributed by atoms with Crippen LogP contribution in [0.1, 0.15) is 5.56 Å². The fraction of sp³-hybridized carbons (Fsp3) is 0.100. The molecule has 0 radical (unpaired) electrons. The number of hydrogen-bond acceptors (Lipinski definition) is 5. The van der Waals surface area contributed by atoms with Crippen molar-refractivity contribution in [3.63, 3.8) is 0 Å². The zero-order valence-corrected chi connectivity index (χ0v) is 16.2. The monoisotopic (exact) mass is 409 g/mol. The molecule has 4 rings (SSSR count). The number of halogens is 1. The van der Waals surface area contributed by atoms with Crippen molar-refractivity contribution in [2.24, 2.45) is 0 Å². The lowest BCUT2D eigenvalue weighted by Crippen LogP contribution is -2.28. The van der Waals surface area contributed by atoms with Crippen LogP contribution >= 0.6 is 11.8 Å². The smallest absolute Gasteiger partial charge is 0.324 e. The van der Waals surface area contributed by atoms with Gasteiger partial charge in [-0.3, -0.25) is 4.79 Å². The van der Waals surface area contributed by atoms with Gasteiger partial charge in [0, 0.05) is 23.0 Å². The van der Waals surface area contributed by atoms with Crippen molar-refractivity contribution in [2.75, 3.05) is 5.32 Å². The van der Waals surface area contributed by atoms with Gasteiger partial charge in [-0.15, -0.1) is 5.10 Å². The van der Waals surface area contributed by atoms with E-state index in [1.54, 1.807) is 0 Å². The first-order valence-electron chi connectivity index (χ1n) is 8.74. The summed E-state index contributed by atoms with van der Waals surface area (Å²) >= 11 is 1.39. The first kappa shape index (κ1) is 18.9. The van der Waals surface area contributed by atoms with E-state index in [0.717, 1.165) is 15.1 Å². The number of amides is 1. The molecular formula is C20H16FN5O2S. The highest BCUT2D eigenvalue weighted by Gasteiger charge is 2.15. The number of nitrogens with one attached hydrogen (secondary N) is 1. The molecule has 0 fully saturated rings. The number of fused-ring (bicyclic) bond motifs is 1. The molecule has 146 valence electrons. The van der Waals surface area contributed by atoms with Gasteiger partial charge in [0.25, 0.3) is 0 Å². The van der Waals surface area contributed by atoms with E-state index in [4.69, 9.17) is 0 Å². The van der Waals surface area contributed by atoms with Crippen molar-refractivity contribution < 1.29 is 9.18 Å². The Morgan fingerprint density at radius 2 is 2.00 bits per heavy atom. The predicted molar refractivity (Wildman–Crippen MR) is 108 cm³/mol. The summed E-state index contributed by atoms with van der Waals surface area (Å²) in [7, 11) is 0. The van der Waals surface area contributed by atoms with Gasteiger partial charge >= 0.3 is 5.69 Å². The van der Waals surface area contributed by atoms with Crippen molar-refractivity contribution in [2.45, 2.75) is 23.4 Å². The maximum Gasteiger partial charge on any atom is 0.350 e. The first-order valence-corrected chi connectivity index (χ1v) is 9.55. The second-order valence-electron chi connectivity index (χ2n) is 6.34. The Balaban J connectivity index is 1.59. The molecule has 0 bridgehead atoms. The summed E-state index contributed by atoms with van der Waals surface area (Å²) in [4.78, 5) is 30.2. The lowest BCUT2D eigenvalue weighted by Gasteiger charge is -2.04. The van der Waals surface area contributed by atoms with Gasteiger partial charge in [0.05, 0.1) is 0 Å². The van der Waals surface area contributed by atoms with E-state index in [1.165, 1.54) is 52.8 Å². The Hall–Kier alpha value is -3.46. The number of aromatic nitrogens is 4. The lowest BCUT2D eigenvalue weighted by atomic mass is 10.2. The maximum atomic E-state index is 13.0. The topological polar surface area (TPSA) is 81.3 Å². The fourth-order valence-electron chi connectivity index (χ4n) is 2.76. The van der Waals surface area contributed by atoms with E-state index in [2.05, 4.69) is 15.4 Å². The SMILES string of the molecule is Cc1cccc(Sc2nccn3c(=O)n(CC(=O)Nc4ccc(F)cc4)nc23)c1. The van der Waals surface area contributed by atoms with Crippen LogP contribution in [0, 0.1) is 12.7 Å². The molecule has 1 amide bonds. The summed E-state index contributed by atoms with van der Waals surface area (Å²) in [6.07, 6.45) is 3.04. The number of nitrogens with zero attached hydrogens (tertiary/aromatic N) is 4. The molecule has 2 aromatic heterocycles. The minimum atomic E-state index is -0.442. The largest absolute Gasteiger partial charge is 0.350 e. The molecule has 2 aromatic carbocycles. The van der Waals surface area contributed by atoms with Crippen LogP contribution in [0.5, 0.6) is 0 Å². The van der Waals surface area contributed by atoms with Gasteiger partial charge in [-0.1, -0.05) is 29.5 Å². The Labute approximate surface area is 169 Å². The second-order valence-corrected chi connectivity index (χ2v) is 7.40. The molecule has 0 aliphatic carbocycles. The average molecular weight is 409 g/mol. The van der Waals surface area contributed by atoms with Crippen LogP contribution in [-0.2, 0) is 11.3 Å². The molecule has 0 aliphatic heterocycles. The number of benzene rings is 2. The van der Waals surface area contributed by atoms with Crippen LogP contribution in [0.15, 0.2) is 75.6 Å². The van der Waals surface area contributed by atoms with Gasteiger partial charge in [-0.05, 0) is 43.3 Å². The molecule has 9 heteroatoms. The van der Waals surface area contributed by atoms with E-state index >= 15 is 0 Å². The molecule has 0 saturated heterocycles. The number of anilines is 1. The summed E-state index contributed by atoms with van der Waals surface area (Å²) in [6, 6.07) is 13.3. The molecule has 0 saturated carbocycles. The fourth-order valence-corrected chi connectivity index (χ4v) is 3.72. The Bertz CT molecular complexity index is 1250. The van der Waals surface area contributed by atoms with Gasteiger partial charge in [0.1, 0.15) is 17.4 Å². The van der Waals surface area contributed by atoms with Crippen LogP contribution in [0.2, 0.25) is 0 Å². The van der Waals surface area contributed by atoms with E-state index in [0.29, 0.717) is 16.4 Å². The number of hydrogen-bond donors (Lipinski definition) is 1.